The molecule has 4 saturated heterocycles. The van der Waals surface area contributed by atoms with Crippen molar-refractivity contribution in [1.82, 2.24) is 40.0 Å². The van der Waals surface area contributed by atoms with E-state index in [0.717, 1.165) is 141 Å². The number of amides is 2. The molecule has 0 bridgehead atoms. The van der Waals surface area contributed by atoms with Crippen molar-refractivity contribution in [3.8, 4) is 22.3 Å². The molecule has 21 heteroatoms. The van der Waals surface area contributed by atoms with E-state index < -0.39 is 16.8 Å². The van der Waals surface area contributed by atoms with E-state index in [2.05, 4.69) is 224 Å². The number of ether oxygens (including phenoxy) is 4. The van der Waals surface area contributed by atoms with Gasteiger partial charge < -0.3 is 53.8 Å². The van der Waals surface area contributed by atoms with E-state index in [9.17, 15) is 14.7 Å². The Labute approximate surface area is 707 Å². The summed E-state index contributed by atoms with van der Waals surface area (Å²) in [5, 5.41) is 22.7. The first-order valence-electron chi connectivity index (χ1n) is 40.6. The van der Waals surface area contributed by atoms with Gasteiger partial charge in [-0.25, -0.2) is 19.1 Å². The van der Waals surface area contributed by atoms with Crippen molar-refractivity contribution in [3.05, 3.63) is 236 Å². The Morgan fingerprint density at radius 3 is 1.62 bits per heavy atom. The molecule has 17 nitrogen and oxygen atoms in total. The fraction of sp³-hybridized carbons (Fsp3) is 0.436. The highest BCUT2D eigenvalue weighted by Crippen LogP contribution is 2.39. The maximum absolute atomic E-state index is 12.2. The van der Waals surface area contributed by atoms with E-state index in [0.29, 0.717) is 25.8 Å². The number of aromatic nitrogens is 4. The first kappa shape index (κ1) is 88.2. The lowest BCUT2D eigenvalue weighted by molar-refractivity contribution is 0.00578. The van der Waals surface area contributed by atoms with Crippen LogP contribution in [0.5, 0.6) is 0 Å². The van der Waals surface area contributed by atoms with Gasteiger partial charge in [0.25, 0.3) is 0 Å². The molecule has 3 N–H and O–H groups in total. The smallest absolute Gasteiger partial charge is 0.444 e. The van der Waals surface area contributed by atoms with Gasteiger partial charge in [-0.1, -0.05) is 169 Å². The number of benzene rings is 6. The molecule has 4 fully saturated rings. The lowest BCUT2D eigenvalue weighted by atomic mass is 9.78. The molecule has 9 aromatic rings. The predicted molar refractivity (Wildman–Crippen MR) is 477 cm³/mol. The van der Waals surface area contributed by atoms with Crippen molar-refractivity contribution in [2.45, 2.75) is 206 Å². The molecule has 0 unspecified atom stereocenters. The normalized spacial score (nSPS) is 18.8. The van der Waals surface area contributed by atoms with Gasteiger partial charge >= 0.3 is 19.3 Å². The molecule has 0 spiro atoms. The van der Waals surface area contributed by atoms with Crippen molar-refractivity contribution in [1.29, 1.82) is 0 Å². The molecule has 2 amide bonds. The molecule has 6 aliphatic heterocycles. The number of carbonyl (C=O) groups is 2. The Balaban J connectivity index is 0.000000142. The maximum atomic E-state index is 12.2. The molecule has 0 atom stereocenters. The molecular weight excluding hydrogens is 1640 g/mol. The maximum Gasteiger partial charge on any atom is 0.494 e. The number of carbonyl (C=O) groups excluding carboxylic acids is 2. The summed E-state index contributed by atoms with van der Waals surface area (Å²) in [5.74, 6) is 0.543. The molecule has 3 aromatic heterocycles. The third kappa shape index (κ3) is 24.1. The van der Waals surface area contributed by atoms with Crippen LogP contribution < -0.4 is 16.1 Å². The second-order valence-corrected chi connectivity index (χ2v) is 37.2. The van der Waals surface area contributed by atoms with Gasteiger partial charge in [0.1, 0.15) is 18.0 Å². The SMILES string of the molecule is Brc1ccc(C2=CCNCC2)cc1.C1=C(c2ccc(-c3cnc4c(-c5ccnc6ccccc56)cnn4c3)cc2)CCCC1.CC(C)(C)OC(=O)N1CC=C(c2ccc(B3OC(C)(C)C(C)(C)O3)cc2)CC1.CC(C)(C)OC(=O)N1CCC(c2ccc(Br)cc2)CC1.CC1(C)OCOC1(C)C.OC1(c2ccc(Br)cc2)CCNCC1. The van der Waals surface area contributed by atoms with Crippen LogP contribution in [0, 0.1) is 0 Å². The summed E-state index contributed by atoms with van der Waals surface area (Å²) in [5.41, 5.74) is 15.2. The number of rotatable bonds is 8. The molecule has 610 valence electrons. The van der Waals surface area contributed by atoms with Crippen LogP contribution in [0.2, 0.25) is 0 Å². The van der Waals surface area contributed by atoms with Gasteiger partial charge in [0.2, 0.25) is 0 Å². The van der Waals surface area contributed by atoms with Crippen LogP contribution in [0.25, 0.3) is 55.5 Å². The number of para-hydroxylation sites is 1. The monoisotopic (exact) mass is 1750 g/mol. The van der Waals surface area contributed by atoms with Gasteiger partial charge in [-0.2, -0.15) is 5.10 Å². The van der Waals surface area contributed by atoms with Crippen LogP contribution in [-0.2, 0) is 33.9 Å². The first-order chi connectivity index (χ1) is 54.6. The number of pyridine rings is 1. The van der Waals surface area contributed by atoms with Gasteiger partial charge in [-0.15, -0.1) is 0 Å². The molecule has 0 saturated carbocycles. The zero-order valence-corrected chi connectivity index (χ0v) is 74.4. The summed E-state index contributed by atoms with van der Waals surface area (Å²) in [6.45, 7) is 34.9. The van der Waals surface area contributed by atoms with Gasteiger partial charge in [-0.3, -0.25) is 4.98 Å². The number of piperidine rings is 2. The molecule has 7 aliphatic rings. The minimum absolute atomic E-state index is 0.132. The number of hydrogen-bond acceptors (Lipinski definition) is 14. The van der Waals surface area contributed by atoms with Crippen LogP contribution in [0.15, 0.2) is 208 Å². The largest absolute Gasteiger partial charge is 0.494 e. The number of halogens is 3. The average Bonchev–Trinajstić information content (AvgIpc) is 1.73. The van der Waals surface area contributed by atoms with Gasteiger partial charge in [0.15, 0.2) is 5.65 Å². The number of hydrogen-bond donors (Lipinski definition) is 3. The number of fused-ring (bicyclic) bond motifs is 2. The summed E-state index contributed by atoms with van der Waals surface area (Å²) < 4.78 is 39.0. The summed E-state index contributed by atoms with van der Waals surface area (Å²) >= 11 is 10.3. The lowest BCUT2D eigenvalue weighted by Gasteiger charge is -2.33. The third-order valence-corrected chi connectivity index (χ3v) is 24.3. The van der Waals surface area contributed by atoms with Crippen molar-refractivity contribution < 1.29 is 43.0 Å². The van der Waals surface area contributed by atoms with E-state index >= 15 is 0 Å². The summed E-state index contributed by atoms with van der Waals surface area (Å²) in [7, 11) is -0.345. The number of allylic oxidation sites excluding steroid dienone is 2. The van der Waals surface area contributed by atoms with Crippen LogP contribution >= 0.6 is 47.8 Å². The Hall–Kier alpha value is -7.67. The number of nitrogens with zero attached hydrogens (tertiary/aromatic N) is 6. The third-order valence-electron chi connectivity index (χ3n) is 22.7. The summed E-state index contributed by atoms with van der Waals surface area (Å²) in [6.07, 6.45) is 24.6. The fourth-order valence-corrected chi connectivity index (χ4v) is 15.1. The van der Waals surface area contributed by atoms with Crippen LogP contribution in [0.4, 0.5) is 9.59 Å². The minimum Gasteiger partial charge on any atom is -0.444 e. The van der Waals surface area contributed by atoms with Crippen LogP contribution in [-0.4, -0.2) is 147 Å². The Kier molecular flexibility index (Phi) is 29.8. The van der Waals surface area contributed by atoms with Gasteiger partial charge in [0.05, 0.1) is 39.7 Å². The Morgan fingerprint density at radius 2 is 1.08 bits per heavy atom. The average molecular weight is 1750 g/mol. The van der Waals surface area contributed by atoms with Crippen LogP contribution in [0.1, 0.15) is 195 Å². The highest BCUT2D eigenvalue weighted by atomic mass is 79.9. The van der Waals surface area contributed by atoms with Crippen molar-refractivity contribution in [2.75, 3.05) is 59.2 Å². The zero-order chi connectivity index (χ0) is 82.4. The van der Waals surface area contributed by atoms with E-state index in [1.165, 1.54) is 64.7 Å². The van der Waals surface area contributed by atoms with Crippen molar-refractivity contribution in [3.63, 3.8) is 0 Å². The van der Waals surface area contributed by atoms with Crippen LogP contribution in [0.3, 0.4) is 0 Å². The second kappa shape index (κ2) is 38.8. The quantitative estimate of drug-likeness (QED) is 0.122. The summed E-state index contributed by atoms with van der Waals surface area (Å²) in [6, 6.07) is 52.4. The van der Waals surface area contributed by atoms with Gasteiger partial charge in [0, 0.05) is 81.2 Å². The molecule has 16 rings (SSSR count). The highest BCUT2D eigenvalue weighted by molar-refractivity contribution is 9.11. The molecule has 1 aliphatic carbocycles. The topological polar surface area (TPSA) is 183 Å². The van der Waals surface area contributed by atoms with Crippen molar-refractivity contribution >= 4 is 106 Å². The zero-order valence-electron chi connectivity index (χ0n) is 69.6. The van der Waals surface area contributed by atoms with E-state index in [1.54, 1.807) is 4.90 Å². The van der Waals surface area contributed by atoms with E-state index in [1.807, 2.05) is 146 Å². The minimum atomic E-state index is -0.619. The molecule has 9 heterocycles. The Bertz CT molecular complexity index is 4770. The number of aliphatic hydroxyl groups is 1. The number of likely N-dealkylation sites (tertiary alicyclic amines) is 1. The second-order valence-electron chi connectivity index (χ2n) is 34.4. The molecule has 115 heavy (non-hydrogen) atoms. The van der Waals surface area contributed by atoms with Gasteiger partial charge in [-0.05, 0) is 296 Å². The highest BCUT2D eigenvalue weighted by Gasteiger charge is 2.52. The summed E-state index contributed by atoms with van der Waals surface area (Å²) in [4.78, 5) is 37.0. The Morgan fingerprint density at radius 1 is 0.539 bits per heavy atom. The lowest BCUT2D eigenvalue weighted by Crippen LogP contribution is -2.41. The standard InChI is InChI=1S/C27H22N4.C22H32BNO4.C16H22BrNO2.C11H14BrNO.C11H12BrN.C7H14O2/c1-2-6-19(7-3-1)20-10-12-21(13-11-20)22-16-29-27-25(17-30-31(27)18-22)23-14-15-28-26-9-5-4-8-24(23)26;1-20(2,3)26-19(25)24-14-12-17(13-15-24)16-8-10-18(11-9-16)23-27-21(4,5)22(6,7)28-23;1-16(2,3)20-15(19)18-10-8-13(9-11-18)12-4-6-14(17)7-5-12;12-10-3-1-9(2-4-10)11(14)5-7-13-8-6-11;12-11-3-1-9(2-4-11)10-5-7-13-8-6-10;1-6(2)7(3,4)9-5-8-6/h4-6,8-18H,1-3,7H2;8-12H,13-15H2,1-7H3;4-7,13H,8-11H2,1-3H3;1-4,13-14H,5-8H2;1-5,13H,6-8H2;5H2,1-4H3. The molecular formula is C94H116BBr3N8O9. The van der Waals surface area contributed by atoms with Crippen molar-refractivity contribution in [2.24, 2.45) is 0 Å². The predicted octanol–water partition coefficient (Wildman–Crippen LogP) is 21.5. The molecule has 0 radical (unpaired) electrons. The van der Waals surface area contributed by atoms with E-state index in [-0.39, 0.29) is 41.7 Å². The first-order valence-corrected chi connectivity index (χ1v) is 43.0. The molecule has 6 aromatic carbocycles. The fourth-order valence-electron chi connectivity index (χ4n) is 14.3. The number of nitrogens with one attached hydrogen (secondary N) is 2. The van der Waals surface area contributed by atoms with E-state index in [4.69, 9.17) is 33.2 Å².